The Balaban J connectivity index is 1.67. The van der Waals surface area contributed by atoms with Crippen LogP contribution in [0, 0.1) is 0 Å². The second-order valence-corrected chi connectivity index (χ2v) is 8.52. The molecule has 5 nitrogen and oxygen atoms in total. The van der Waals surface area contributed by atoms with Crippen LogP contribution < -0.4 is 10.6 Å². The zero-order valence-electron chi connectivity index (χ0n) is 16.2. The van der Waals surface area contributed by atoms with Gasteiger partial charge in [-0.3, -0.25) is 19.7 Å². The SMILES string of the molecule is CC(C)(C(=O)NCc1ccc(C2CCC(=O)NC2=O)c(Cl)c1)c1ccc(Cl)cc1. The lowest BCUT2D eigenvalue weighted by molar-refractivity contribution is -0.134. The predicted molar refractivity (Wildman–Crippen MR) is 113 cm³/mol. The van der Waals surface area contributed by atoms with Gasteiger partial charge in [0.1, 0.15) is 0 Å². The Morgan fingerprint density at radius 1 is 1.14 bits per heavy atom. The van der Waals surface area contributed by atoms with Gasteiger partial charge in [0.15, 0.2) is 0 Å². The summed E-state index contributed by atoms with van der Waals surface area (Å²) in [4.78, 5) is 36.1. The highest BCUT2D eigenvalue weighted by atomic mass is 35.5. The highest BCUT2D eigenvalue weighted by molar-refractivity contribution is 6.32. The Hall–Kier alpha value is -2.37. The Bertz CT molecular complexity index is 955. The van der Waals surface area contributed by atoms with Crippen LogP contribution in [0.4, 0.5) is 0 Å². The third-order valence-electron chi connectivity index (χ3n) is 5.27. The molecule has 2 aromatic rings. The molecule has 1 unspecified atom stereocenters. The number of benzene rings is 2. The summed E-state index contributed by atoms with van der Waals surface area (Å²) >= 11 is 12.3. The largest absolute Gasteiger partial charge is 0.351 e. The fraction of sp³-hybridized carbons (Fsp3) is 0.318. The molecule has 0 aliphatic carbocycles. The average Bonchev–Trinajstić information content (AvgIpc) is 2.67. The van der Waals surface area contributed by atoms with E-state index in [-0.39, 0.29) is 17.7 Å². The van der Waals surface area contributed by atoms with E-state index in [1.807, 2.05) is 32.0 Å². The van der Waals surface area contributed by atoms with Crippen LogP contribution in [-0.4, -0.2) is 17.7 Å². The summed E-state index contributed by atoms with van der Waals surface area (Å²) in [7, 11) is 0. The van der Waals surface area contributed by atoms with Gasteiger partial charge in [-0.15, -0.1) is 0 Å². The number of halogens is 2. The van der Waals surface area contributed by atoms with Crippen LogP contribution in [0.25, 0.3) is 0 Å². The molecule has 1 saturated heterocycles. The van der Waals surface area contributed by atoms with Crippen LogP contribution in [-0.2, 0) is 26.3 Å². The summed E-state index contributed by atoms with van der Waals surface area (Å²) in [6.45, 7) is 4.01. The molecule has 7 heteroatoms. The van der Waals surface area contributed by atoms with Crippen molar-refractivity contribution in [3.05, 3.63) is 69.2 Å². The number of piperidine rings is 1. The molecule has 0 bridgehead atoms. The van der Waals surface area contributed by atoms with Gasteiger partial charge in [0.25, 0.3) is 0 Å². The first-order valence-electron chi connectivity index (χ1n) is 9.35. The summed E-state index contributed by atoms with van der Waals surface area (Å²) in [5, 5.41) is 6.35. The van der Waals surface area contributed by atoms with E-state index >= 15 is 0 Å². The molecule has 3 rings (SSSR count). The maximum absolute atomic E-state index is 12.7. The highest BCUT2D eigenvalue weighted by Gasteiger charge is 2.31. The Morgan fingerprint density at radius 2 is 1.83 bits per heavy atom. The topological polar surface area (TPSA) is 75.3 Å². The van der Waals surface area contributed by atoms with Gasteiger partial charge in [-0.1, -0.05) is 47.5 Å². The number of imide groups is 1. The second kappa shape index (κ2) is 8.56. The Morgan fingerprint density at radius 3 is 2.45 bits per heavy atom. The number of carbonyl (C=O) groups excluding carboxylic acids is 3. The van der Waals surface area contributed by atoms with Crippen molar-refractivity contribution in [1.29, 1.82) is 0 Å². The summed E-state index contributed by atoms with van der Waals surface area (Å²) in [5.41, 5.74) is 1.66. The minimum atomic E-state index is -0.721. The first-order valence-corrected chi connectivity index (χ1v) is 10.1. The molecule has 0 spiro atoms. The van der Waals surface area contributed by atoms with E-state index in [0.717, 1.165) is 11.1 Å². The molecule has 2 N–H and O–H groups in total. The molecular weight excluding hydrogens is 411 g/mol. The third kappa shape index (κ3) is 4.80. The van der Waals surface area contributed by atoms with Crippen molar-refractivity contribution in [2.24, 2.45) is 0 Å². The van der Waals surface area contributed by atoms with Gasteiger partial charge in [0.2, 0.25) is 17.7 Å². The van der Waals surface area contributed by atoms with Crippen LogP contribution in [0.5, 0.6) is 0 Å². The van der Waals surface area contributed by atoms with Crippen LogP contribution in [0.2, 0.25) is 10.0 Å². The van der Waals surface area contributed by atoms with Crippen molar-refractivity contribution in [2.75, 3.05) is 0 Å². The summed E-state index contributed by atoms with van der Waals surface area (Å²) in [6.07, 6.45) is 0.736. The van der Waals surface area contributed by atoms with Crippen molar-refractivity contribution >= 4 is 40.9 Å². The third-order valence-corrected chi connectivity index (χ3v) is 5.85. The zero-order valence-corrected chi connectivity index (χ0v) is 17.7. The second-order valence-electron chi connectivity index (χ2n) is 7.67. The van der Waals surface area contributed by atoms with E-state index in [9.17, 15) is 14.4 Å². The minimum Gasteiger partial charge on any atom is -0.351 e. The molecule has 2 aromatic carbocycles. The molecule has 3 amide bonds. The molecule has 0 radical (unpaired) electrons. The molecule has 1 heterocycles. The quantitative estimate of drug-likeness (QED) is 0.697. The van der Waals surface area contributed by atoms with Gasteiger partial charge in [-0.05, 0) is 55.2 Å². The van der Waals surface area contributed by atoms with Crippen molar-refractivity contribution in [3.8, 4) is 0 Å². The zero-order chi connectivity index (χ0) is 21.2. The smallest absolute Gasteiger partial charge is 0.234 e. The Labute approximate surface area is 179 Å². The first kappa shape index (κ1) is 21.3. The van der Waals surface area contributed by atoms with Crippen molar-refractivity contribution < 1.29 is 14.4 Å². The molecular formula is C22H22Cl2N2O3. The normalized spacial score (nSPS) is 17.0. The number of carbonyl (C=O) groups is 3. The summed E-state index contributed by atoms with van der Waals surface area (Å²) < 4.78 is 0. The standard InChI is InChI=1S/C22H22Cl2N2O3/c1-22(2,14-4-6-15(23)7-5-14)21(29)25-12-13-3-8-16(18(24)11-13)17-9-10-19(27)26-20(17)28/h3-8,11,17H,9-10,12H2,1-2H3,(H,25,29)(H,26,27,28). The molecule has 29 heavy (non-hydrogen) atoms. The highest BCUT2D eigenvalue weighted by Crippen LogP contribution is 2.31. The van der Waals surface area contributed by atoms with E-state index in [2.05, 4.69) is 10.6 Å². The van der Waals surface area contributed by atoms with E-state index < -0.39 is 11.3 Å². The number of rotatable bonds is 5. The lowest BCUT2D eigenvalue weighted by atomic mass is 9.83. The van der Waals surface area contributed by atoms with Gasteiger partial charge in [-0.2, -0.15) is 0 Å². The van der Waals surface area contributed by atoms with Gasteiger partial charge < -0.3 is 5.32 Å². The first-order chi connectivity index (χ1) is 13.7. The molecule has 0 aromatic heterocycles. The lowest BCUT2D eigenvalue weighted by Crippen LogP contribution is -2.40. The van der Waals surface area contributed by atoms with Crippen LogP contribution in [0.15, 0.2) is 42.5 Å². The molecule has 152 valence electrons. The van der Waals surface area contributed by atoms with Crippen molar-refractivity contribution in [1.82, 2.24) is 10.6 Å². The monoisotopic (exact) mass is 432 g/mol. The number of nitrogens with one attached hydrogen (secondary N) is 2. The molecule has 0 saturated carbocycles. The molecule has 1 atom stereocenters. The van der Waals surface area contributed by atoms with E-state index in [1.54, 1.807) is 24.3 Å². The number of hydrogen-bond donors (Lipinski definition) is 2. The molecule has 1 aliphatic heterocycles. The number of hydrogen-bond acceptors (Lipinski definition) is 3. The maximum atomic E-state index is 12.7. The van der Waals surface area contributed by atoms with Gasteiger partial charge in [0, 0.05) is 23.0 Å². The predicted octanol–water partition coefficient (Wildman–Crippen LogP) is 4.11. The van der Waals surface area contributed by atoms with Crippen LogP contribution >= 0.6 is 23.2 Å². The van der Waals surface area contributed by atoms with E-state index in [1.165, 1.54) is 0 Å². The van der Waals surface area contributed by atoms with Gasteiger partial charge >= 0.3 is 0 Å². The maximum Gasteiger partial charge on any atom is 0.234 e. The molecule has 1 fully saturated rings. The van der Waals surface area contributed by atoms with Gasteiger partial charge in [-0.25, -0.2) is 0 Å². The average molecular weight is 433 g/mol. The number of amides is 3. The van der Waals surface area contributed by atoms with Crippen molar-refractivity contribution in [3.63, 3.8) is 0 Å². The van der Waals surface area contributed by atoms with E-state index in [0.29, 0.717) is 35.0 Å². The summed E-state index contributed by atoms with van der Waals surface area (Å²) in [5.74, 6) is -1.14. The fourth-order valence-electron chi connectivity index (χ4n) is 3.35. The van der Waals surface area contributed by atoms with Crippen molar-refractivity contribution in [2.45, 2.75) is 44.6 Å². The van der Waals surface area contributed by atoms with Crippen LogP contribution in [0.1, 0.15) is 49.3 Å². The van der Waals surface area contributed by atoms with E-state index in [4.69, 9.17) is 23.2 Å². The van der Waals surface area contributed by atoms with Crippen LogP contribution in [0.3, 0.4) is 0 Å². The minimum absolute atomic E-state index is 0.120. The lowest BCUT2D eigenvalue weighted by Gasteiger charge is -2.25. The Kier molecular flexibility index (Phi) is 6.30. The fourth-order valence-corrected chi connectivity index (χ4v) is 3.82. The molecule has 1 aliphatic rings. The summed E-state index contributed by atoms with van der Waals surface area (Å²) in [6, 6.07) is 12.6. The van der Waals surface area contributed by atoms with Gasteiger partial charge in [0.05, 0.1) is 11.3 Å².